The summed E-state index contributed by atoms with van der Waals surface area (Å²) in [5.41, 5.74) is 7.07. The molecule has 2 N–H and O–H groups in total. The van der Waals surface area contributed by atoms with Gasteiger partial charge in [-0.3, -0.25) is 10.3 Å². The highest BCUT2D eigenvalue weighted by molar-refractivity contribution is 7.86. The van der Waals surface area contributed by atoms with Gasteiger partial charge in [-0.05, 0) is 12.1 Å². The molecule has 1 aromatic rings. The second-order valence-corrected chi connectivity index (χ2v) is 4.44. The van der Waals surface area contributed by atoms with E-state index < -0.39 is 15.0 Å². The molecule has 0 saturated heterocycles. The van der Waals surface area contributed by atoms with Crippen molar-refractivity contribution in [3.05, 3.63) is 22.2 Å². The van der Waals surface area contributed by atoms with Crippen LogP contribution in [0.5, 0.6) is 0 Å². The molecule has 0 saturated carbocycles. The minimum absolute atomic E-state index is 0.0861. The third-order valence-electron chi connectivity index (χ3n) is 1.30. The highest BCUT2D eigenvalue weighted by Crippen LogP contribution is 2.30. The summed E-state index contributed by atoms with van der Waals surface area (Å²) in [5.74, 6) is 0. The van der Waals surface area contributed by atoms with Gasteiger partial charge in [-0.15, -0.1) is 0 Å². The van der Waals surface area contributed by atoms with E-state index in [1.807, 2.05) is 0 Å². The summed E-state index contributed by atoms with van der Waals surface area (Å²) in [6.07, 6.45) is 0. The molecule has 0 heterocycles. The number of hydrogen-bond acceptors (Lipinski definition) is 2. The van der Waals surface area contributed by atoms with Gasteiger partial charge in [0.2, 0.25) is 0 Å². The van der Waals surface area contributed by atoms with Gasteiger partial charge >= 0.3 is 0 Å². The topological polar surface area (TPSA) is 78.2 Å². The quantitative estimate of drug-likeness (QED) is 0.765. The number of hydrogen-bond donors (Lipinski definition) is 1. The monoisotopic (exact) mass is 240 g/mol. The molecule has 4 nitrogen and oxygen atoms in total. The molecule has 0 unspecified atom stereocenters. The van der Waals surface area contributed by atoms with E-state index in [1.165, 1.54) is 0 Å². The molecule has 0 amide bonds. The predicted molar refractivity (Wildman–Crippen MR) is 49.0 cm³/mol. The zero-order chi connectivity index (χ0) is 10.2. The molecule has 0 fully saturated rings. The van der Waals surface area contributed by atoms with E-state index in [9.17, 15) is 8.42 Å². The van der Waals surface area contributed by atoms with Crippen LogP contribution in [0.25, 0.3) is 0 Å². The van der Waals surface area contributed by atoms with E-state index in [2.05, 4.69) is 0 Å². The van der Waals surface area contributed by atoms with Crippen molar-refractivity contribution >= 4 is 39.0 Å². The molecule has 0 atom stereocenters. The number of nitrogens with one attached hydrogen (secondary N) is 1. The second-order valence-electron chi connectivity index (χ2n) is 2.24. The van der Waals surface area contributed by atoms with Crippen LogP contribution in [-0.4, -0.2) is 13.0 Å². The normalized spacial score (nSPS) is 11.6. The summed E-state index contributed by atoms with van der Waals surface area (Å²) in [6, 6.07) is 1.98. The first kappa shape index (κ1) is 10.6. The summed E-state index contributed by atoms with van der Waals surface area (Å²) >= 11 is 10.9. The molecule has 0 aliphatic heterocycles. The van der Waals surface area contributed by atoms with Gasteiger partial charge in [-0.2, -0.15) is 8.42 Å². The van der Waals surface area contributed by atoms with Crippen molar-refractivity contribution in [2.45, 2.75) is 4.90 Å². The fourth-order valence-electron chi connectivity index (χ4n) is 0.726. The number of halogens is 2. The Hall–Kier alpha value is -0.490. The third kappa shape index (κ3) is 2.25. The van der Waals surface area contributed by atoms with E-state index in [1.54, 1.807) is 0 Å². The van der Waals surface area contributed by atoms with Crippen molar-refractivity contribution in [2.75, 3.05) is 0 Å². The van der Waals surface area contributed by atoms with Crippen LogP contribution in [0.1, 0.15) is 0 Å². The predicted octanol–water partition coefficient (Wildman–Crippen LogP) is 2.15. The van der Waals surface area contributed by atoms with Crippen LogP contribution in [0, 0.1) is 0 Å². The maximum atomic E-state index is 10.7. The van der Waals surface area contributed by atoms with Gasteiger partial charge < -0.3 is 0 Å². The van der Waals surface area contributed by atoms with Crippen molar-refractivity contribution < 1.29 is 13.0 Å². The van der Waals surface area contributed by atoms with Gasteiger partial charge in [-0.25, -0.2) is 0 Å². The summed E-state index contributed by atoms with van der Waals surface area (Å²) < 4.78 is 30.0. The van der Waals surface area contributed by atoms with Gasteiger partial charge in [0.05, 0.1) is 15.7 Å². The van der Waals surface area contributed by atoms with E-state index >= 15 is 0 Å². The fourth-order valence-corrected chi connectivity index (χ4v) is 1.98. The van der Waals surface area contributed by atoms with Crippen LogP contribution >= 0.6 is 23.2 Å². The Balaban J connectivity index is 3.50. The molecule has 0 aliphatic rings. The average molecular weight is 241 g/mol. The van der Waals surface area contributed by atoms with Crippen LogP contribution < -0.4 is 5.73 Å². The largest absolute Gasteiger partial charge is 0.299 e. The minimum Gasteiger partial charge on any atom is -0.299 e. The first-order valence-corrected chi connectivity index (χ1v) is 5.20. The number of rotatable bonds is 1. The first-order chi connectivity index (χ1) is 5.82. The molecule has 71 valence electrons. The van der Waals surface area contributed by atoms with Crippen molar-refractivity contribution in [2.24, 2.45) is 0 Å². The molecule has 0 bridgehead atoms. The van der Waals surface area contributed by atoms with Gasteiger partial charge in [0, 0.05) is 0 Å². The lowest BCUT2D eigenvalue weighted by Crippen LogP contribution is -1.99. The molecule has 1 aromatic carbocycles. The molecule has 1 radical (unpaired) electrons. The molecule has 13 heavy (non-hydrogen) atoms. The van der Waals surface area contributed by atoms with E-state index in [0.29, 0.717) is 0 Å². The van der Waals surface area contributed by atoms with E-state index in [-0.39, 0.29) is 15.7 Å². The summed E-state index contributed by atoms with van der Waals surface area (Å²) in [6.45, 7) is 0. The Morgan fingerprint density at radius 2 is 1.77 bits per heavy atom. The molecular formula is C6H4Cl2NO3S. The van der Waals surface area contributed by atoms with Crippen molar-refractivity contribution in [1.82, 2.24) is 5.73 Å². The fraction of sp³-hybridized carbons (Fsp3) is 0. The Morgan fingerprint density at radius 1 is 1.23 bits per heavy atom. The minimum atomic E-state index is -4.37. The standard InChI is InChI=1S/C6H4Cl2NO3S/c7-3-2-6(13(10,11)12)4(8)1-5(3)9/h1-2,9H,(H,10,11,12). The highest BCUT2D eigenvalue weighted by atomic mass is 35.5. The van der Waals surface area contributed by atoms with Gasteiger partial charge in [-0.1, -0.05) is 23.2 Å². The molecule has 0 aliphatic carbocycles. The Morgan fingerprint density at radius 3 is 2.23 bits per heavy atom. The van der Waals surface area contributed by atoms with Crippen molar-refractivity contribution in [1.29, 1.82) is 0 Å². The molecule has 0 spiro atoms. The van der Waals surface area contributed by atoms with E-state index in [4.69, 9.17) is 33.5 Å². The summed E-state index contributed by atoms with van der Waals surface area (Å²) in [7, 11) is -4.37. The molecule has 1 rings (SSSR count). The lowest BCUT2D eigenvalue weighted by molar-refractivity contribution is 0.483. The van der Waals surface area contributed by atoms with Gasteiger partial charge in [0.1, 0.15) is 4.90 Å². The zero-order valence-corrected chi connectivity index (χ0v) is 8.41. The van der Waals surface area contributed by atoms with Crippen molar-refractivity contribution in [3.63, 3.8) is 0 Å². The van der Waals surface area contributed by atoms with Gasteiger partial charge in [0.25, 0.3) is 10.1 Å². The van der Waals surface area contributed by atoms with Crippen LogP contribution in [0.3, 0.4) is 0 Å². The van der Waals surface area contributed by atoms with Crippen LogP contribution in [0.15, 0.2) is 17.0 Å². The summed E-state index contributed by atoms with van der Waals surface area (Å²) in [4.78, 5) is -0.491. The molecule has 7 heteroatoms. The third-order valence-corrected chi connectivity index (χ3v) is 2.93. The van der Waals surface area contributed by atoms with Gasteiger partial charge in [0.15, 0.2) is 0 Å². The lowest BCUT2D eigenvalue weighted by atomic mass is 10.3. The highest BCUT2D eigenvalue weighted by Gasteiger charge is 2.16. The Bertz CT molecular complexity index is 443. The SMILES string of the molecule is [NH]c1cc(Cl)c(S(=O)(=O)O)cc1Cl. The summed E-state index contributed by atoms with van der Waals surface area (Å²) in [5, 5.41) is -0.311. The lowest BCUT2D eigenvalue weighted by Gasteiger charge is -2.02. The maximum absolute atomic E-state index is 10.7. The smallest absolute Gasteiger partial charge is 0.296 e. The molecule has 0 aromatic heterocycles. The van der Waals surface area contributed by atoms with Crippen molar-refractivity contribution in [3.8, 4) is 0 Å². The van der Waals surface area contributed by atoms with Crippen LogP contribution in [0.4, 0.5) is 5.69 Å². The van der Waals surface area contributed by atoms with E-state index in [0.717, 1.165) is 12.1 Å². The Labute approximate surface area is 85.0 Å². The molecular weight excluding hydrogens is 237 g/mol. The van der Waals surface area contributed by atoms with Crippen LogP contribution in [0.2, 0.25) is 10.0 Å². The maximum Gasteiger partial charge on any atom is 0.296 e. The van der Waals surface area contributed by atoms with Crippen LogP contribution in [-0.2, 0) is 10.1 Å². The average Bonchev–Trinajstić information content (AvgIpc) is 1.94. The number of benzene rings is 1. The Kier molecular flexibility index (Phi) is 2.72. The second kappa shape index (κ2) is 3.34. The zero-order valence-electron chi connectivity index (χ0n) is 6.08. The first-order valence-electron chi connectivity index (χ1n) is 3.00.